The van der Waals surface area contributed by atoms with Crippen LogP contribution in [0.3, 0.4) is 0 Å². The molecule has 1 fully saturated rings. The maximum atomic E-state index is 11.9. The molecule has 116 valence electrons. The number of hydrogen-bond acceptors (Lipinski definition) is 4. The molecule has 1 saturated carbocycles. The van der Waals surface area contributed by atoms with Crippen LogP contribution < -0.4 is 10.0 Å². The second kappa shape index (κ2) is 7.02. The summed E-state index contributed by atoms with van der Waals surface area (Å²) < 4.78 is 26.4. The van der Waals surface area contributed by atoms with E-state index in [0.717, 1.165) is 13.0 Å². The highest BCUT2D eigenvalue weighted by Gasteiger charge is 2.19. The lowest BCUT2D eigenvalue weighted by atomic mass is 10.1. The Morgan fingerprint density at radius 2 is 2.05 bits per heavy atom. The summed E-state index contributed by atoms with van der Waals surface area (Å²) in [6, 6.07) is 6.61. The van der Waals surface area contributed by atoms with E-state index in [0.29, 0.717) is 18.2 Å². The average molecular weight is 312 g/mol. The highest BCUT2D eigenvalue weighted by atomic mass is 32.2. The molecule has 1 aromatic carbocycles. The zero-order valence-electron chi connectivity index (χ0n) is 11.7. The van der Waals surface area contributed by atoms with Crippen LogP contribution in [0.15, 0.2) is 24.3 Å². The molecule has 0 aliphatic heterocycles. The van der Waals surface area contributed by atoms with Crippen LogP contribution in [-0.4, -0.2) is 38.6 Å². The molecule has 1 aliphatic carbocycles. The molecule has 7 heteroatoms. The van der Waals surface area contributed by atoms with Crippen molar-refractivity contribution in [2.24, 2.45) is 0 Å². The third-order valence-corrected chi connectivity index (χ3v) is 4.57. The minimum absolute atomic E-state index is 0.0938. The van der Waals surface area contributed by atoms with Crippen LogP contribution in [-0.2, 0) is 15.8 Å². The number of rotatable bonds is 9. The number of aromatic carboxylic acids is 1. The van der Waals surface area contributed by atoms with Crippen LogP contribution in [0.25, 0.3) is 0 Å². The van der Waals surface area contributed by atoms with Gasteiger partial charge >= 0.3 is 5.97 Å². The maximum absolute atomic E-state index is 11.9. The number of carbonyl (C=O) groups is 1. The Morgan fingerprint density at radius 1 is 1.29 bits per heavy atom. The van der Waals surface area contributed by atoms with Gasteiger partial charge in [-0.2, -0.15) is 0 Å². The number of hydrogen-bond donors (Lipinski definition) is 3. The van der Waals surface area contributed by atoms with Crippen LogP contribution in [0.4, 0.5) is 0 Å². The SMILES string of the molecule is O=C(O)c1cccc(CS(=O)(=O)NCCCNC2CC2)c1. The first-order valence-electron chi connectivity index (χ1n) is 6.99. The average Bonchev–Trinajstić information content (AvgIpc) is 3.22. The van der Waals surface area contributed by atoms with E-state index < -0.39 is 16.0 Å². The predicted octanol–water partition coefficient (Wildman–Crippen LogP) is 0.946. The molecular formula is C14H20N2O4S. The summed E-state index contributed by atoms with van der Waals surface area (Å²) in [5, 5.41) is 12.2. The number of carboxylic acids is 1. The lowest BCUT2D eigenvalue weighted by Gasteiger charge is -2.08. The van der Waals surface area contributed by atoms with Gasteiger partial charge < -0.3 is 10.4 Å². The van der Waals surface area contributed by atoms with Gasteiger partial charge in [0.25, 0.3) is 0 Å². The van der Waals surface area contributed by atoms with E-state index in [-0.39, 0.29) is 11.3 Å². The zero-order chi connectivity index (χ0) is 15.3. The van der Waals surface area contributed by atoms with Crippen molar-refractivity contribution in [2.45, 2.75) is 31.1 Å². The lowest BCUT2D eigenvalue weighted by Crippen LogP contribution is -2.29. The fraction of sp³-hybridized carbons (Fsp3) is 0.500. The Kier molecular flexibility index (Phi) is 5.33. The third kappa shape index (κ3) is 5.82. The van der Waals surface area contributed by atoms with E-state index in [1.165, 1.54) is 25.0 Å². The van der Waals surface area contributed by atoms with Gasteiger partial charge in [0.05, 0.1) is 11.3 Å². The van der Waals surface area contributed by atoms with Crippen molar-refractivity contribution in [1.82, 2.24) is 10.0 Å². The molecule has 0 amide bonds. The number of nitrogens with one attached hydrogen (secondary N) is 2. The summed E-state index contributed by atoms with van der Waals surface area (Å²) in [5.74, 6) is -1.27. The third-order valence-electron chi connectivity index (χ3n) is 3.22. The van der Waals surface area contributed by atoms with Crippen molar-refractivity contribution in [1.29, 1.82) is 0 Å². The molecule has 0 radical (unpaired) electrons. The molecule has 0 saturated heterocycles. The molecule has 6 nitrogen and oxygen atoms in total. The van der Waals surface area contributed by atoms with Gasteiger partial charge in [-0.15, -0.1) is 0 Å². The van der Waals surface area contributed by atoms with E-state index in [1.807, 2.05) is 0 Å². The van der Waals surface area contributed by atoms with Crippen molar-refractivity contribution in [2.75, 3.05) is 13.1 Å². The van der Waals surface area contributed by atoms with Gasteiger partial charge in [-0.3, -0.25) is 0 Å². The summed E-state index contributed by atoms with van der Waals surface area (Å²) in [6.45, 7) is 1.20. The fourth-order valence-electron chi connectivity index (χ4n) is 1.97. The molecule has 0 bridgehead atoms. The highest BCUT2D eigenvalue weighted by molar-refractivity contribution is 7.88. The minimum atomic E-state index is -3.43. The van der Waals surface area contributed by atoms with Gasteiger partial charge in [0, 0.05) is 12.6 Å². The first-order chi connectivity index (χ1) is 9.96. The summed E-state index contributed by atoms with van der Waals surface area (Å²) in [5.41, 5.74) is 0.565. The second-order valence-electron chi connectivity index (χ2n) is 5.24. The Hall–Kier alpha value is -1.44. The van der Waals surface area contributed by atoms with E-state index in [1.54, 1.807) is 12.1 Å². The van der Waals surface area contributed by atoms with Crippen molar-refractivity contribution >= 4 is 16.0 Å². The molecule has 0 heterocycles. The quantitative estimate of drug-likeness (QED) is 0.590. The number of carboxylic acid groups (broad SMARTS) is 1. The van der Waals surface area contributed by atoms with Crippen molar-refractivity contribution in [3.63, 3.8) is 0 Å². The standard InChI is InChI=1S/C14H20N2O4S/c17-14(18)12-4-1-3-11(9-12)10-21(19,20)16-8-2-7-15-13-5-6-13/h1,3-4,9,13,15-16H,2,5-8,10H2,(H,17,18). The van der Waals surface area contributed by atoms with E-state index in [2.05, 4.69) is 10.0 Å². The number of sulfonamides is 1. The van der Waals surface area contributed by atoms with Gasteiger partial charge in [-0.25, -0.2) is 17.9 Å². The molecular weight excluding hydrogens is 292 g/mol. The summed E-state index contributed by atoms with van der Waals surface area (Å²) in [7, 11) is -3.43. The Labute approximate surface area is 124 Å². The molecule has 3 N–H and O–H groups in total. The second-order valence-corrected chi connectivity index (χ2v) is 7.05. The van der Waals surface area contributed by atoms with Gasteiger partial charge in [0.15, 0.2) is 0 Å². The van der Waals surface area contributed by atoms with Gasteiger partial charge in [-0.1, -0.05) is 12.1 Å². The van der Waals surface area contributed by atoms with Gasteiger partial charge in [-0.05, 0) is 43.5 Å². The smallest absolute Gasteiger partial charge is 0.335 e. The van der Waals surface area contributed by atoms with Crippen molar-refractivity contribution in [3.8, 4) is 0 Å². The van der Waals surface area contributed by atoms with Crippen molar-refractivity contribution < 1.29 is 18.3 Å². The topological polar surface area (TPSA) is 95.5 Å². The Bertz CT molecular complexity index is 597. The van der Waals surface area contributed by atoms with Crippen molar-refractivity contribution in [3.05, 3.63) is 35.4 Å². The molecule has 0 atom stereocenters. The van der Waals surface area contributed by atoms with Crippen LogP contribution in [0.5, 0.6) is 0 Å². The fourth-order valence-corrected chi connectivity index (χ4v) is 3.15. The first-order valence-corrected chi connectivity index (χ1v) is 8.64. The molecule has 0 aromatic heterocycles. The van der Waals surface area contributed by atoms with Crippen LogP contribution >= 0.6 is 0 Å². The first kappa shape index (κ1) is 15.9. The van der Waals surface area contributed by atoms with Crippen LogP contribution in [0.1, 0.15) is 35.2 Å². The molecule has 21 heavy (non-hydrogen) atoms. The van der Waals surface area contributed by atoms with Gasteiger partial charge in [0.2, 0.25) is 10.0 Å². The monoisotopic (exact) mass is 312 g/mol. The van der Waals surface area contributed by atoms with E-state index in [9.17, 15) is 13.2 Å². The molecule has 1 aliphatic rings. The zero-order valence-corrected chi connectivity index (χ0v) is 12.5. The molecule has 2 rings (SSSR count). The minimum Gasteiger partial charge on any atom is -0.478 e. The number of benzene rings is 1. The lowest BCUT2D eigenvalue weighted by molar-refractivity contribution is 0.0696. The normalized spacial score (nSPS) is 15.0. The van der Waals surface area contributed by atoms with Crippen LogP contribution in [0.2, 0.25) is 0 Å². The summed E-state index contributed by atoms with van der Waals surface area (Å²) in [6.07, 6.45) is 3.17. The van der Waals surface area contributed by atoms with E-state index >= 15 is 0 Å². The molecule has 1 aromatic rings. The summed E-state index contributed by atoms with van der Waals surface area (Å²) >= 11 is 0. The highest BCUT2D eigenvalue weighted by Crippen LogP contribution is 2.18. The summed E-state index contributed by atoms with van der Waals surface area (Å²) in [4.78, 5) is 10.9. The maximum Gasteiger partial charge on any atom is 0.335 e. The Balaban J connectivity index is 1.79. The Morgan fingerprint density at radius 3 is 2.71 bits per heavy atom. The molecule has 0 unspecified atom stereocenters. The molecule has 0 spiro atoms. The largest absolute Gasteiger partial charge is 0.478 e. The van der Waals surface area contributed by atoms with E-state index in [4.69, 9.17) is 5.11 Å². The predicted molar refractivity (Wildman–Crippen MR) is 79.7 cm³/mol. The van der Waals surface area contributed by atoms with Crippen LogP contribution in [0, 0.1) is 0 Å². The van der Waals surface area contributed by atoms with Gasteiger partial charge in [0.1, 0.15) is 0 Å².